The van der Waals surface area contributed by atoms with Gasteiger partial charge >= 0.3 is 12.0 Å². The molecule has 0 aromatic heterocycles. The molecule has 0 atom stereocenters. The first kappa shape index (κ1) is 15.8. The molecule has 0 spiro atoms. The Morgan fingerprint density at radius 1 is 1.11 bits per heavy atom. The summed E-state index contributed by atoms with van der Waals surface area (Å²) in [7, 11) is 0. The lowest BCUT2D eigenvalue weighted by molar-refractivity contribution is -0.142. The standard InChI is InChI=1S/C14H26N2O3/c1-2-19-13(17)9-11-16-14(18)15-10-8-12-6-4-3-5-7-12/h12H,2-11H2,1H3,(H2,15,16,18). The maximum Gasteiger partial charge on any atom is 0.314 e. The lowest BCUT2D eigenvalue weighted by Gasteiger charge is -2.21. The second kappa shape index (κ2) is 9.64. The average molecular weight is 270 g/mol. The van der Waals surface area contributed by atoms with E-state index in [0.717, 1.165) is 18.9 Å². The SMILES string of the molecule is CCOC(=O)CCNC(=O)NCCC1CCCCC1. The van der Waals surface area contributed by atoms with Crippen molar-refractivity contribution < 1.29 is 14.3 Å². The molecule has 1 fully saturated rings. The van der Waals surface area contributed by atoms with Crippen molar-refractivity contribution in [2.75, 3.05) is 19.7 Å². The first-order valence-electron chi connectivity index (χ1n) is 7.39. The molecule has 2 N–H and O–H groups in total. The van der Waals surface area contributed by atoms with Gasteiger partial charge in [-0.15, -0.1) is 0 Å². The smallest absolute Gasteiger partial charge is 0.314 e. The fraction of sp³-hybridized carbons (Fsp3) is 0.857. The Hall–Kier alpha value is -1.26. The van der Waals surface area contributed by atoms with E-state index in [1.54, 1.807) is 6.92 Å². The lowest BCUT2D eigenvalue weighted by atomic mass is 9.87. The molecule has 110 valence electrons. The highest BCUT2D eigenvalue weighted by Gasteiger charge is 2.13. The summed E-state index contributed by atoms with van der Waals surface area (Å²) in [5.41, 5.74) is 0. The number of rotatable bonds is 7. The van der Waals surface area contributed by atoms with Crippen molar-refractivity contribution in [1.29, 1.82) is 0 Å². The summed E-state index contributed by atoms with van der Waals surface area (Å²) in [5.74, 6) is 0.499. The van der Waals surface area contributed by atoms with Gasteiger partial charge in [0.05, 0.1) is 13.0 Å². The van der Waals surface area contributed by atoms with Gasteiger partial charge in [-0.25, -0.2) is 4.79 Å². The molecule has 0 aliphatic heterocycles. The van der Waals surface area contributed by atoms with Gasteiger partial charge < -0.3 is 15.4 Å². The molecule has 1 rings (SSSR count). The van der Waals surface area contributed by atoms with E-state index in [9.17, 15) is 9.59 Å². The predicted octanol–water partition coefficient (Wildman–Crippen LogP) is 2.21. The van der Waals surface area contributed by atoms with Gasteiger partial charge in [-0.2, -0.15) is 0 Å². The Morgan fingerprint density at radius 3 is 2.47 bits per heavy atom. The molecule has 0 saturated heterocycles. The Labute approximate surface area is 115 Å². The second-order valence-corrected chi connectivity index (χ2v) is 5.03. The van der Waals surface area contributed by atoms with Crippen LogP contribution in [0.25, 0.3) is 0 Å². The van der Waals surface area contributed by atoms with Crippen molar-refractivity contribution >= 4 is 12.0 Å². The van der Waals surface area contributed by atoms with Crippen LogP contribution in [0, 0.1) is 5.92 Å². The van der Waals surface area contributed by atoms with Crippen LogP contribution in [0.2, 0.25) is 0 Å². The van der Waals surface area contributed by atoms with Crippen molar-refractivity contribution in [2.45, 2.75) is 51.9 Å². The summed E-state index contributed by atoms with van der Waals surface area (Å²) in [4.78, 5) is 22.5. The maximum absolute atomic E-state index is 11.4. The zero-order valence-corrected chi connectivity index (χ0v) is 11.9. The molecule has 1 aliphatic carbocycles. The van der Waals surface area contributed by atoms with Gasteiger partial charge in [0.2, 0.25) is 0 Å². The van der Waals surface area contributed by atoms with Crippen LogP contribution in [0.3, 0.4) is 0 Å². The van der Waals surface area contributed by atoms with Crippen molar-refractivity contribution in [3.05, 3.63) is 0 Å². The molecule has 0 aromatic carbocycles. The van der Waals surface area contributed by atoms with Crippen LogP contribution >= 0.6 is 0 Å². The summed E-state index contributed by atoms with van der Waals surface area (Å²) in [5, 5.41) is 5.49. The minimum Gasteiger partial charge on any atom is -0.466 e. The van der Waals surface area contributed by atoms with E-state index in [2.05, 4.69) is 10.6 Å². The number of esters is 1. The summed E-state index contributed by atoms with van der Waals surface area (Å²) >= 11 is 0. The highest BCUT2D eigenvalue weighted by molar-refractivity contribution is 5.75. The summed E-state index contributed by atoms with van der Waals surface area (Å²) < 4.78 is 4.77. The molecule has 2 amide bonds. The van der Waals surface area contributed by atoms with Crippen LogP contribution in [0.4, 0.5) is 4.79 Å². The van der Waals surface area contributed by atoms with E-state index in [1.807, 2.05) is 0 Å². The zero-order valence-electron chi connectivity index (χ0n) is 11.9. The Kier molecular flexibility index (Phi) is 8.02. The summed E-state index contributed by atoms with van der Waals surface area (Å²) in [6.07, 6.45) is 7.90. The third-order valence-electron chi connectivity index (χ3n) is 3.48. The van der Waals surface area contributed by atoms with Crippen LogP contribution in [-0.4, -0.2) is 31.7 Å². The number of carbonyl (C=O) groups excluding carboxylic acids is 2. The molecule has 0 bridgehead atoms. The van der Waals surface area contributed by atoms with Gasteiger partial charge in [0.25, 0.3) is 0 Å². The monoisotopic (exact) mass is 270 g/mol. The maximum atomic E-state index is 11.4. The first-order valence-corrected chi connectivity index (χ1v) is 7.39. The average Bonchev–Trinajstić information content (AvgIpc) is 2.40. The molecule has 0 aromatic rings. The largest absolute Gasteiger partial charge is 0.466 e. The molecule has 0 unspecified atom stereocenters. The van der Waals surface area contributed by atoms with E-state index in [1.165, 1.54) is 32.1 Å². The van der Waals surface area contributed by atoms with Crippen molar-refractivity contribution in [1.82, 2.24) is 10.6 Å². The van der Waals surface area contributed by atoms with Crippen LogP contribution < -0.4 is 10.6 Å². The second-order valence-electron chi connectivity index (χ2n) is 5.03. The van der Waals surface area contributed by atoms with E-state index >= 15 is 0 Å². The van der Waals surface area contributed by atoms with Crippen LogP contribution in [0.1, 0.15) is 51.9 Å². The topological polar surface area (TPSA) is 67.4 Å². The van der Waals surface area contributed by atoms with Gasteiger partial charge in [0, 0.05) is 13.1 Å². The number of hydrogen-bond donors (Lipinski definition) is 2. The number of amides is 2. The van der Waals surface area contributed by atoms with E-state index < -0.39 is 0 Å². The number of ether oxygens (including phenoxy) is 1. The lowest BCUT2D eigenvalue weighted by Crippen LogP contribution is -2.37. The molecule has 1 aliphatic rings. The van der Waals surface area contributed by atoms with Gasteiger partial charge in [-0.1, -0.05) is 32.1 Å². The molecular weight excluding hydrogens is 244 g/mol. The third kappa shape index (κ3) is 7.70. The quantitative estimate of drug-likeness (QED) is 0.697. The van der Waals surface area contributed by atoms with Crippen LogP contribution in [-0.2, 0) is 9.53 Å². The number of nitrogens with one attached hydrogen (secondary N) is 2. The zero-order chi connectivity index (χ0) is 13.9. The van der Waals surface area contributed by atoms with Crippen LogP contribution in [0.5, 0.6) is 0 Å². The van der Waals surface area contributed by atoms with E-state index in [0.29, 0.717) is 13.2 Å². The molecule has 0 heterocycles. The number of hydrogen-bond acceptors (Lipinski definition) is 3. The first-order chi connectivity index (χ1) is 9.22. The summed E-state index contributed by atoms with van der Waals surface area (Å²) in [6, 6.07) is -0.194. The molecule has 5 heteroatoms. The fourth-order valence-corrected chi connectivity index (χ4v) is 2.44. The van der Waals surface area contributed by atoms with Gasteiger partial charge in [-0.05, 0) is 19.3 Å². The van der Waals surface area contributed by atoms with Gasteiger partial charge in [0.15, 0.2) is 0 Å². The molecule has 19 heavy (non-hydrogen) atoms. The Bertz CT molecular complexity index is 276. The minimum absolute atomic E-state index is 0.194. The number of urea groups is 1. The van der Waals surface area contributed by atoms with Gasteiger partial charge in [-0.3, -0.25) is 4.79 Å². The third-order valence-corrected chi connectivity index (χ3v) is 3.48. The molecular formula is C14H26N2O3. The molecule has 0 radical (unpaired) electrons. The van der Waals surface area contributed by atoms with Crippen LogP contribution in [0.15, 0.2) is 0 Å². The van der Waals surface area contributed by atoms with Gasteiger partial charge in [0.1, 0.15) is 0 Å². The summed E-state index contributed by atoms with van der Waals surface area (Å²) in [6.45, 7) is 3.19. The fourth-order valence-electron chi connectivity index (χ4n) is 2.44. The van der Waals surface area contributed by atoms with Crippen molar-refractivity contribution in [2.24, 2.45) is 5.92 Å². The Morgan fingerprint density at radius 2 is 1.79 bits per heavy atom. The Balaban J connectivity index is 1.96. The molecule has 1 saturated carbocycles. The van der Waals surface area contributed by atoms with E-state index in [-0.39, 0.29) is 18.4 Å². The van der Waals surface area contributed by atoms with Crippen molar-refractivity contribution in [3.8, 4) is 0 Å². The van der Waals surface area contributed by atoms with E-state index in [4.69, 9.17) is 4.74 Å². The minimum atomic E-state index is -0.273. The number of carbonyl (C=O) groups is 2. The highest BCUT2D eigenvalue weighted by atomic mass is 16.5. The van der Waals surface area contributed by atoms with Crippen molar-refractivity contribution in [3.63, 3.8) is 0 Å². The highest BCUT2D eigenvalue weighted by Crippen LogP contribution is 2.25. The molecule has 5 nitrogen and oxygen atoms in total. The predicted molar refractivity (Wildman–Crippen MR) is 73.8 cm³/mol. The normalized spacial score (nSPS) is 15.8.